The average Bonchev–Trinajstić information content (AvgIpc) is 3.10. The van der Waals surface area contributed by atoms with Crippen molar-refractivity contribution in [2.75, 3.05) is 45.3 Å². The molecule has 2 saturated heterocycles. The lowest BCUT2D eigenvalue weighted by Crippen LogP contribution is -2.41. The molecule has 0 spiro atoms. The Labute approximate surface area is 136 Å². The predicted octanol–water partition coefficient (Wildman–Crippen LogP) is 1.72. The average molecular weight is 320 g/mol. The fourth-order valence-electron chi connectivity index (χ4n) is 3.14. The highest BCUT2D eigenvalue weighted by Crippen LogP contribution is 2.25. The first kappa shape index (κ1) is 16.2. The molecule has 6 heteroatoms. The van der Waals surface area contributed by atoms with Crippen LogP contribution in [0.5, 0.6) is 5.75 Å². The van der Waals surface area contributed by atoms with Crippen molar-refractivity contribution < 1.29 is 19.0 Å². The first-order valence-electron chi connectivity index (χ1n) is 8.14. The number of methoxy groups -OCH3 is 1. The Morgan fingerprint density at radius 1 is 1.30 bits per heavy atom. The Bertz CT molecular complexity index is 523. The highest BCUT2D eigenvalue weighted by molar-refractivity contribution is 5.92. The molecule has 2 heterocycles. The van der Waals surface area contributed by atoms with Gasteiger partial charge in [-0.15, -0.1) is 0 Å². The Morgan fingerprint density at radius 2 is 2.04 bits per heavy atom. The van der Waals surface area contributed by atoms with Gasteiger partial charge in [0.1, 0.15) is 5.75 Å². The number of benzene rings is 1. The van der Waals surface area contributed by atoms with Crippen molar-refractivity contribution in [3.8, 4) is 5.75 Å². The zero-order valence-corrected chi connectivity index (χ0v) is 13.5. The molecule has 0 aromatic heterocycles. The third kappa shape index (κ3) is 4.43. The van der Waals surface area contributed by atoms with Crippen molar-refractivity contribution in [3.05, 3.63) is 24.3 Å². The van der Waals surface area contributed by atoms with Gasteiger partial charge in [0.25, 0.3) is 0 Å². The van der Waals surface area contributed by atoms with Crippen molar-refractivity contribution in [3.63, 3.8) is 0 Å². The van der Waals surface area contributed by atoms with Crippen LogP contribution in [0.3, 0.4) is 0 Å². The Balaban J connectivity index is 1.43. The summed E-state index contributed by atoms with van der Waals surface area (Å²) in [5, 5.41) is 2.92. The number of carbonyl (C=O) groups is 1. The standard InChI is InChI=1S/C17H24N2O4/c1-21-15-4-2-3-14(11-15)18-16(20)12-19-7-5-13(6-8-19)17-22-9-10-23-17/h2-4,11,13,17H,5-10,12H2,1H3,(H,18,20). The molecule has 2 fully saturated rings. The molecule has 1 aromatic carbocycles. The van der Waals surface area contributed by atoms with Gasteiger partial charge in [-0.05, 0) is 38.1 Å². The number of nitrogens with zero attached hydrogens (tertiary/aromatic N) is 1. The van der Waals surface area contributed by atoms with Crippen LogP contribution in [-0.2, 0) is 14.3 Å². The molecular formula is C17H24N2O4. The topological polar surface area (TPSA) is 60.0 Å². The molecule has 23 heavy (non-hydrogen) atoms. The molecule has 0 unspecified atom stereocenters. The van der Waals surface area contributed by atoms with Gasteiger partial charge in [-0.2, -0.15) is 0 Å². The number of piperidine rings is 1. The molecule has 3 rings (SSSR count). The molecule has 2 aliphatic heterocycles. The van der Waals surface area contributed by atoms with Crippen LogP contribution >= 0.6 is 0 Å². The number of carbonyl (C=O) groups excluding carboxylic acids is 1. The summed E-state index contributed by atoms with van der Waals surface area (Å²) in [6.07, 6.45) is 1.98. The first-order valence-corrected chi connectivity index (χ1v) is 8.14. The second-order valence-electron chi connectivity index (χ2n) is 6.00. The van der Waals surface area contributed by atoms with E-state index < -0.39 is 0 Å². The van der Waals surface area contributed by atoms with Gasteiger partial charge >= 0.3 is 0 Å². The molecule has 1 N–H and O–H groups in total. The van der Waals surface area contributed by atoms with E-state index in [-0.39, 0.29) is 12.2 Å². The minimum absolute atomic E-state index is 0.00469. The van der Waals surface area contributed by atoms with E-state index >= 15 is 0 Å². The van der Waals surface area contributed by atoms with Crippen LogP contribution in [0.1, 0.15) is 12.8 Å². The largest absolute Gasteiger partial charge is 0.497 e. The maximum atomic E-state index is 12.2. The predicted molar refractivity (Wildman–Crippen MR) is 86.5 cm³/mol. The van der Waals surface area contributed by atoms with Gasteiger partial charge in [0.2, 0.25) is 5.91 Å². The van der Waals surface area contributed by atoms with Crippen LogP contribution in [0.15, 0.2) is 24.3 Å². The molecule has 0 saturated carbocycles. The van der Waals surface area contributed by atoms with E-state index in [4.69, 9.17) is 14.2 Å². The fraction of sp³-hybridized carbons (Fsp3) is 0.588. The molecule has 1 amide bonds. The summed E-state index contributed by atoms with van der Waals surface area (Å²) >= 11 is 0. The van der Waals surface area contributed by atoms with E-state index in [1.54, 1.807) is 7.11 Å². The van der Waals surface area contributed by atoms with Crippen LogP contribution in [0.25, 0.3) is 0 Å². The highest BCUT2D eigenvalue weighted by Gasteiger charge is 2.30. The molecule has 0 radical (unpaired) electrons. The lowest BCUT2D eigenvalue weighted by molar-refractivity contribution is -0.119. The molecule has 126 valence electrons. The van der Waals surface area contributed by atoms with Gasteiger partial charge in [-0.1, -0.05) is 6.07 Å². The number of ether oxygens (including phenoxy) is 3. The summed E-state index contributed by atoms with van der Waals surface area (Å²) in [6.45, 7) is 3.62. The Kier molecular flexibility index (Phi) is 5.48. The first-order chi connectivity index (χ1) is 11.2. The third-order valence-electron chi connectivity index (χ3n) is 4.39. The van der Waals surface area contributed by atoms with Crippen LogP contribution < -0.4 is 10.1 Å². The van der Waals surface area contributed by atoms with Crippen LogP contribution in [0.4, 0.5) is 5.69 Å². The second kappa shape index (κ2) is 7.77. The van der Waals surface area contributed by atoms with Crippen LogP contribution in [0.2, 0.25) is 0 Å². The monoisotopic (exact) mass is 320 g/mol. The minimum atomic E-state index is -0.0391. The molecule has 0 aliphatic carbocycles. The normalized spacial score (nSPS) is 20.6. The van der Waals surface area contributed by atoms with Crippen LogP contribution in [0, 0.1) is 5.92 Å². The zero-order valence-electron chi connectivity index (χ0n) is 13.5. The fourth-order valence-corrected chi connectivity index (χ4v) is 3.14. The third-order valence-corrected chi connectivity index (χ3v) is 4.39. The van der Waals surface area contributed by atoms with E-state index in [1.807, 2.05) is 24.3 Å². The summed E-state index contributed by atoms with van der Waals surface area (Å²) in [6, 6.07) is 7.40. The number of amides is 1. The van der Waals surface area contributed by atoms with Gasteiger partial charge in [-0.3, -0.25) is 9.69 Å². The molecule has 2 aliphatic rings. The van der Waals surface area contributed by atoms with Gasteiger partial charge in [0.05, 0.1) is 26.9 Å². The number of anilines is 1. The summed E-state index contributed by atoms with van der Waals surface area (Å²) in [5.41, 5.74) is 0.761. The van der Waals surface area contributed by atoms with Crippen molar-refractivity contribution in [1.82, 2.24) is 4.90 Å². The lowest BCUT2D eigenvalue weighted by atomic mass is 9.96. The number of hydrogen-bond acceptors (Lipinski definition) is 5. The quantitative estimate of drug-likeness (QED) is 0.895. The SMILES string of the molecule is COc1cccc(NC(=O)CN2CCC(C3OCCO3)CC2)c1. The van der Waals surface area contributed by atoms with Gasteiger partial charge in [-0.25, -0.2) is 0 Å². The smallest absolute Gasteiger partial charge is 0.238 e. The lowest BCUT2D eigenvalue weighted by Gasteiger charge is -2.33. The minimum Gasteiger partial charge on any atom is -0.497 e. The molecule has 6 nitrogen and oxygen atoms in total. The number of hydrogen-bond donors (Lipinski definition) is 1. The van der Waals surface area contributed by atoms with Crippen molar-refractivity contribution in [2.45, 2.75) is 19.1 Å². The van der Waals surface area contributed by atoms with Gasteiger partial charge in [0.15, 0.2) is 6.29 Å². The van der Waals surface area contributed by atoms with Gasteiger partial charge in [0, 0.05) is 17.7 Å². The molecule has 1 aromatic rings. The van der Waals surface area contributed by atoms with E-state index in [2.05, 4.69) is 10.2 Å². The summed E-state index contributed by atoms with van der Waals surface area (Å²) in [7, 11) is 1.61. The second-order valence-corrected chi connectivity index (χ2v) is 6.00. The van der Waals surface area contributed by atoms with Crippen molar-refractivity contribution in [2.24, 2.45) is 5.92 Å². The van der Waals surface area contributed by atoms with Crippen molar-refractivity contribution >= 4 is 11.6 Å². The summed E-state index contributed by atoms with van der Waals surface area (Å²) in [5.74, 6) is 1.19. The number of likely N-dealkylation sites (tertiary alicyclic amines) is 1. The highest BCUT2D eigenvalue weighted by atomic mass is 16.7. The molecule has 0 bridgehead atoms. The molecular weight excluding hydrogens is 296 g/mol. The maximum Gasteiger partial charge on any atom is 0.238 e. The van der Waals surface area contributed by atoms with Crippen LogP contribution in [-0.4, -0.2) is 57.1 Å². The molecule has 0 atom stereocenters. The number of nitrogens with one attached hydrogen (secondary N) is 1. The van der Waals surface area contributed by atoms with Crippen molar-refractivity contribution in [1.29, 1.82) is 0 Å². The zero-order chi connectivity index (χ0) is 16.1. The number of rotatable bonds is 5. The maximum absolute atomic E-state index is 12.2. The summed E-state index contributed by atoms with van der Waals surface area (Å²) < 4.78 is 16.3. The Hall–Kier alpha value is -1.63. The Morgan fingerprint density at radius 3 is 2.74 bits per heavy atom. The van der Waals surface area contributed by atoms with E-state index in [0.717, 1.165) is 37.4 Å². The van der Waals surface area contributed by atoms with E-state index in [9.17, 15) is 4.79 Å². The van der Waals surface area contributed by atoms with E-state index in [0.29, 0.717) is 25.7 Å². The van der Waals surface area contributed by atoms with Gasteiger partial charge < -0.3 is 19.5 Å². The summed E-state index contributed by atoms with van der Waals surface area (Å²) in [4.78, 5) is 14.4. The van der Waals surface area contributed by atoms with E-state index in [1.165, 1.54) is 0 Å².